The maximum Gasteiger partial charge on any atom is 0.407 e. The third-order valence-corrected chi connectivity index (χ3v) is 3.78. The van der Waals surface area contributed by atoms with Crippen molar-refractivity contribution < 1.29 is 14.7 Å². The molecule has 0 atom stereocenters. The summed E-state index contributed by atoms with van der Waals surface area (Å²) in [5.74, 6) is 0.220. The lowest BCUT2D eigenvalue weighted by atomic mass is 9.83. The number of hydrogen-bond donors (Lipinski definition) is 1. The van der Waals surface area contributed by atoms with Gasteiger partial charge >= 0.3 is 6.09 Å². The first-order chi connectivity index (χ1) is 8.64. The van der Waals surface area contributed by atoms with Crippen molar-refractivity contribution in [3.05, 3.63) is 0 Å². The van der Waals surface area contributed by atoms with Crippen molar-refractivity contribution in [2.75, 3.05) is 14.1 Å². The molecule has 1 saturated carbocycles. The second kappa shape index (κ2) is 5.80. The predicted molar refractivity (Wildman–Crippen MR) is 74.1 cm³/mol. The summed E-state index contributed by atoms with van der Waals surface area (Å²) in [6, 6.07) is 0.0312. The van der Waals surface area contributed by atoms with Crippen molar-refractivity contribution in [1.82, 2.24) is 9.80 Å². The second-order valence-electron chi connectivity index (χ2n) is 6.56. The average Bonchev–Trinajstić information content (AvgIpc) is 2.26. The molecule has 1 aliphatic rings. The van der Waals surface area contributed by atoms with E-state index in [9.17, 15) is 14.7 Å². The summed E-state index contributed by atoms with van der Waals surface area (Å²) in [4.78, 5) is 26.5. The largest absolute Gasteiger partial charge is 0.465 e. The van der Waals surface area contributed by atoms with E-state index in [0.29, 0.717) is 0 Å². The van der Waals surface area contributed by atoms with Gasteiger partial charge in [-0.2, -0.15) is 0 Å². The summed E-state index contributed by atoms with van der Waals surface area (Å²) >= 11 is 0. The number of carbonyl (C=O) groups is 2. The van der Waals surface area contributed by atoms with E-state index in [1.807, 2.05) is 20.8 Å². The van der Waals surface area contributed by atoms with E-state index in [4.69, 9.17) is 0 Å². The highest BCUT2D eigenvalue weighted by molar-refractivity contribution is 5.78. The van der Waals surface area contributed by atoms with Gasteiger partial charge in [0.15, 0.2) is 0 Å². The van der Waals surface area contributed by atoms with Crippen LogP contribution in [0.15, 0.2) is 0 Å². The molecule has 0 unspecified atom stereocenters. The fraction of sp³-hybridized carbons (Fsp3) is 0.857. The Kier molecular flexibility index (Phi) is 4.82. The first-order valence-electron chi connectivity index (χ1n) is 6.88. The van der Waals surface area contributed by atoms with E-state index in [0.717, 1.165) is 25.7 Å². The molecule has 1 fully saturated rings. The minimum atomic E-state index is -0.866. The Hall–Kier alpha value is -1.26. The highest BCUT2D eigenvalue weighted by Crippen LogP contribution is 2.32. The number of amides is 2. The maximum atomic E-state index is 11.9. The number of rotatable bonds is 2. The Balaban J connectivity index is 2.67. The SMILES string of the molecule is CN(C)C(=O)[C@H]1CC[C@H](N(C(=O)O)C(C)(C)C)CC1. The lowest BCUT2D eigenvalue weighted by molar-refractivity contribution is -0.134. The Morgan fingerprint density at radius 2 is 1.53 bits per heavy atom. The summed E-state index contributed by atoms with van der Waals surface area (Å²) in [7, 11) is 3.54. The molecule has 5 heteroatoms. The molecule has 0 aliphatic heterocycles. The normalized spacial score (nSPS) is 23.8. The van der Waals surface area contributed by atoms with Gasteiger partial charge in [0, 0.05) is 31.6 Å². The molecule has 0 bridgehead atoms. The van der Waals surface area contributed by atoms with Crippen molar-refractivity contribution in [2.24, 2.45) is 5.92 Å². The first-order valence-corrected chi connectivity index (χ1v) is 6.88. The van der Waals surface area contributed by atoms with Crippen LogP contribution in [-0.4, -0.2) is 52.6 Å². The van der Waals surface area contributed by atoms with Crippen molar-refractivity contribution in [3.8, 4) is 0 Å². The van der Waals surface area contributed by atoms with Crippen LogP contribution in [-0.2, 0) is 4.79 Å². The fourth-order valence-electron chi connectivity index (χ4n) is 2.94. The van der Waals surface area contributed by atoms with E-state index in [1.165, 1.54) is 0 Å². The molecule has 1 N–H and O–H groups in total. The zero-order valence-corrected chi connectivity index (χ0v) is 12.6. The Morgan fingerprint density at radius 3 is 1.84 bits per heavy atom. The van der Waals surface area contributed by atoms with Crippen LogP contribution in [0.1, 0.15) is 46.5 Å². The molecule has 1 rings (SSSR count). The maximum absolute atomic E-state index is 11.9. The minimum Gasteiger partial charge on any atom is -0.465 e. The Morgan fingerprint density at radius 1 is 1.05 bits per heavy atom. The standard InChI is InChI=1S/C14H26N2O3/c1-14(2,3)16(13(18)19)11-8-6-10(7-9-11)12(17)15(4)5/h10-11H,6-9H2,1-5H3,(H,18,19)/t10-,11-. The van der Waals surface area contributed by atoms with Crippen molar-refractivity contribution in [2.45, 2.75) is 58.0 Å². The molecule has 110 valence electrons. The zero-order chi connectivity index (χ0) is 14.8. The summed E-state index contributed by atoms with van der Waals surface area (Å²) in [5, 5.41) is 9.38. The quantitative estimate of drug-likeness (QED) is 0.838. The van der Waals surface area contributed by atoms with Crippen LogP contribution in [0.3, 0.4) is 0 Å². The molecule has 5 nitrogen and oxygen atoms in total. The monoisotopic (exact) mass is 270 g/mol. The van der Waals surface area contributed by atoms with Gasteiger partial charge < -0.3 is 14.9 Å². The highest BCUT2D eigenvalue weighted by Gasteiger charge is 2.37. The third kappa shape index (κ3) is 3.85. The van der Waals surface area contributed by atoms with Crippen LogP contribution in [0.5, 0.6) is 0 Å². The van der Waals surface area contributed by atoms with E-state index < -0.39 is 11.6 Å². The van der Waals surface area contributed by atoms with Gasteiger partial charge in [-0.05, 0) is 46.5 Å². The summed E-state index contributed by atoms with van der Waals surface area (Å²) in [5.41, 5.74) is -0.394. The summed E-state index contributed by atoms with van der Waals surface area (Å²) in [6.45, 7) is 5.74. The highest BCUT2D eigenvalue weighted by atomic mass is 16.4. The average molecular weight is 270 g/mol. The number of carbonyl (C=O) groups excluding carboxylic acids is 1. The van der Waals surface area contributed by atoms with Crippen LogP contribution < -0.4 is 0 Å². The van der Waals surface area contributed by atoms with Gasteiger partial charge in [-0.25, -0.2) is 4.79 Å². The van der Waals surface area contributed by atoms with E-state index in [1.54, 1.807) is 23.9 Å². The molecule has 0 aromatic heterocycles. The molecule has 0 heterocycles. The topological polar surface area (TPSA) is 60.9 Å². The molecule has 19 heavy (non-hydrogen) atoms. The Bertz CT molecular complexity index is 339. The van der Waals surface area contributed by atoms with Crippen molar-refractivity contribution in [1.29, 1.82) is 0 Å². The van der Waals surface area contributed by atoms with E-state index >= 15 is 0 Å². The smallest absolute Gasteiger partial charge is 0.407 e. The zero-order valence-electron chi connectivity index (χ0n) is 12.6. The molecule has 0 aromatic rings. The van der Waals surface area contributed by atoms with Gasteiger partial charge in [-0.15, -0.1) is 0 Å². The van der Waals surface area contributed by atoms with E-state index in [-0.39, 0.29) is 17.9 Å². The Labute approximate surface area is 115 Å². The van der Waals surface area contributed by atoms with E-state index in [2.05, 4.69) is 0 Å². The summed E-state index contributed by atoms with van der Waals surface area (Å²) < 4.78 is 0. The van der Waals surface area contributed by atoms with Crippen LogP contribution >= 0.6 is 0 Å². The minimum absolute atomic E-state index is 0.0312. The van der Waals surface area contributed by atoms with Gasteiger partial charge in [-0.1, -0.05) is 0 Å². The van der Waals surface area contributed by atoms with Crippen molar-refractivity contribution >= 4 is 12.0 Å². The first kappa shape index (κ1) is 15.8. The second-order valence-corrected chi connectivity index (χ2v) is 6.56. The molecule has 2 amide bonds. The number of hydrogen-bond acceptors (Lipinski definition) is 2. The molecule has 0 radical (unpaired) electrons. The molecular weight excluding hydrogens is 244 g/mol. The fourth-order valence-corrected chi connectivity index (χ4v) is 2.94. The van der Waals surface area contributed by atoms with Gasteiger partial charge in [0.1, 0.15) is 0 Å². The van der Waals surface area contributed by atoms with Gasteiger partial charge in [0.25, 0.3) is 0 Å². The van der Waals surface area contributed by atoms with Crippen LogP contribution in [0.4, 0.5) is 4.79 Å². The summed E-state index contributed by atoms with van der Waals surface area (Å²) in [6.07, 6.45) is 2.24. The molecule has 0 saturated heterocycles. The molecule has 1 aliphatic carbocycles. The van der Waals surface area contributed by atoms with Gasteiger partial charge in [-0.3, -0.25) is 4.79 Å². The lowest BCUT2D eigenvalue weighted by Crippen LogP contribution is -2.52. The number of nitrogens with zero attached hydrogens (tertiary/aromatic N) is 2. The third-order valence-electron chi connectivity index (χ3n) is 3.78. The van der Waals surface area contributed by atoms with Gasteiger partial charge in [0.2, 0.25) is 5.91 Å². The lowest BCUT2D eigenvalue weighted by Gasteiger charge is -2.42. The van der Waals surface area contributed by atoms with Crippen molar-refractivity contribution in [3.63, 3.8) is 0 Å². The van der Waals surface area contributed by atoms with Gasteiger partial charge in [0.05, 0.1) is 0 Å². The molecule has 0 spiro atoms. The van der Waals surface area contributed by atoms with Crippen LogP contribution in [0.2, 0.25) is 0 Å². The molecular formula is C14H26N2O3. The van der Waals surface area contributed by atoms with Crippen LogP contribution in [0.25, 0.3) is 0 Å². The molecule has 0 aromatic carbocycles. The predicted octanol–water partition coefficient (Wildman–Crippen LogP) is 2.41. The number of carboxylic acid groups (broad SMARTS) is 1. The van der Waals surface area contributed by atoms with Crippen LogP contribution in [0, 0.1) is 5.92 Å².